The predicted octanol–water partition coefficient (Wildman–Crippen LogP) is 2.73. The van der Waals surface area contributed by atoms with Gasteiger partial charge in [-0.2, -0.15) is 0 Å². The molecule has 0 radical (unpaired) electrons. The molecule has 1 saturated carbocycles. The molecule has 29 heavy (non-hydrogen) atoms. The van der Waals surface area contributed by atoms with Crippen molar-refractivity contribution in [2.24, 2.45) is 5.92 Å². The maximum atomic E-state index is 12.4. The number of nitrogens with one attached hydrogen (secondary N) is 2. The number of aromatic nitrogens is 1. The Hall–Kier alpha value is -2.44. The summed E-state index contributed by atoms with van der Waals surface area (Å²) in [6.07, 6.45) is 6.55. The fourth-order valence-electron chi connectivity index (χ4n) is 4.25. The molecule has 7 nitrogen and oxygen atoms in total. The second-order valence-corrected chi connectivity index (χ2v) is 8.24. The second kappa shape index (κ2) is 9.85. The highest BCUT2D eigenvalue weighted by Crippen LogP contribution is 2.28. The topological polar surface area (TPSA) is 91.4 Å². The minimum absolute atomic E-state index is 0.0185. The van der Waals surface area contributed by atoms with Crippen LogP contribution in [0.25, 0.3) is 0 Å². The number of pyridine rings is 1. The molecule has 0 saturated heterocycles. The number of ketones is 2. The summed E-state index contributed by atoms with van der Waals surface area (Å²) in [5, 5.41) is 6.26. The number of hydrogen-bond donors (Lipinski definition) is 2. The van der Waals surface area contributed by atoms with Crippen LogP contribution in [0, 0.1) is 5.92 Å². The van der Waals surface area contributed by atoms with Crippen molar-refractivity contribution in [3.05, 3.63) is 23.4 Å². The Kier molecular flexibility index (Phi) is 7.23. The van der Waals surface area contributed by atoms with E-state index < -0.39 is 6.04 Å². The summed E-state index contributed by atoms with van der Waals surface area (Å²) >= 11 is 0. The highest BCUT2D eigenvalue weighted by molar-refractivity contribution is 5.94. The first-order chi connectivity index (χ1) is 14.0. The lowest BCUT2D eigenvalue weighted by Gasteiger charge is -2.24. The summed E-state index contributed by atoms with van der Waals surface area (Å²) in [5.41, 5.74) is 2.37. The van der Waals surface area contributed by atoms with Crippen LogP contribution in [0.3, 0.4) is 0 Å². The number of carbonyl (C=O) groups excluding carboxylic acids is 3. The SMILES string of the molecule is CC(=O)CC1CC[C@H](N(C)C(=O)NCCCCc2ccc3c(n2)NCCC3)C1=O. The summed E-state index contributed by atoms with van der Waals surface area (Å²) in [6.45, 7) is 3.07. The quantitative estimate of drug-likeness (QED) is 0.655. The van der Waals surface area contributed by atoms with Crippen molar-refractivity contribution >= 4 is 23.4 Å². The normalized spacial score (nSPS) is 20.7. The Morgan fingerprint density at radius 3 is 2.90 bits per heavy atom. The van der Waals surface area contributed by atoms with E-state index in [0.717, 1.165) is 50.2 Å². The fourth-order valence-corrected chi connectivity index (χ4v) is 4.25. The average molecular weight is 401 g/mol. The summed E-state index contributed by atoms with van der Waals surface area (Å²) in [6, 6.07) is 3.63. The molecule has 1 aromatic heterocycles. The highest BCUT2D eigenvalue weighted by atomic mass is 16.2. The summed E-state index contributed by atoms with van der Waals surface area (Å²) < 4.78 is 0. The molecule has 158 valence electrons. The minimum Gasteiger partial charge on any atom is -0.370 e. The van der Waals surface area contributed by atoms with Crippen LogP contribution in [0.4, 0.5) is 10.6 Å². The molecule has 3 rings (SSSR count). The van der Waals surface area contributed by atoms with Crippen molar-refractivity contribution in [3.8, 4) is 0 Å². The van der Waals surface area contributed by atoms with Gasteiger partial charge >= 0.3 is 6.03 Å². The van der Waals surface area contributed by atoms with Crippen molar-refractivity contribution in [3.63, 3.8) is 0 Å². The van der Waals surface area contributed by atoms with Gasteiger partial charge in [0, 0.05) is 38.2 Å². The molecule has 0 bridgehead atoms. The van der Waals surface area contributed by atoms with Crippen LogP contribution in [0.1, 0.15) is 56.7 Å². The maximum absolute atomic E-state index is 12.4. The van der Waals surface area contributed by atoms with Gasteiger partial charge in [0.2, 0.25) is 0 Å². The van der Waals surface area contributed by atoms with Gasteiger partial charge in [-0.15, -0.1) is 0 Å². The molecule has 2 amide bonds. The molecule has 1 aliphatic heterocycles. The molecule has 2 atom stereocenters. The number of anilines is 1. The van der Waals surface area contributed by atoms with E-state index in [-0.39, 0.29) is 29.9 Å². The summed E-state index contributed by atoms with van der Waals surface area (Å²) in [4.78, 5) is 42.3. The number of unbranched alkanes of at least 4 members (excludes halogenated alkanes) is 1. The number of carbonyl (C=O) groups is 3. The van der Waals surface area contributed by atoms with Crippen molar-refractivity contribution in [1.82, 2.24) is 15.2 Å². The van der Waals surface area contributed by atoms with Crippen LogP contribution in [-0.2, 0) is 22.4 Å². The molecule has 2 N–H and O–H groups in total. The molecular formula is C22H32N4O3. The zero-order valence-electron chi connectivity index (χ0n) is 17.5. The van der Waals surface area contributed by atoms with Gasteiger partial charge in [-0.1, -0.05) is 6.07 Å². The first-order valence-corrected chi connectivity index (χ1v) is 10.7. The van der Waals surface area contributed by atoms with Crippen LogP contribution in [0.15, 0.2) is 12.1 Å². The largest absolute Gasteiger partial charge is 0.370 e. The van der Waals surface area contributed by atoms with Crippen molar-refractivity contribution < 1.29 is 14.4 Å². The zero-order valence-corrected chi connectivity index (χ0v) is 17.5. The molecule has 1 aliphatic carbocycles. The Labute approximate surface area is 172 Å². The van der Waals surface area contributed by atoms with Crippen LogP contribution >= 0.6 is 0 Å². The van der Waals surface area contributed by atoms with Crippen LogP contribution in [0.5, 0.6) is 0 Å². The molecule has 2 heterocycles. The number of urea groups is 1. The van der Waals surface area contributed by atoms with Crippen LogP contribution in [-0.4, -0.2) is 53.7 Å². The molecule has 0 spiro atoms. The standard InChI is InChI=1S/C22H32N4O3/c1-15(27)14-17-9-11-19(20(17)28)26(2)22(29)24-12-4-3-7-18-10-8-16-6-5-13-23-21(16)25-18/h8,10,17,19H,3-7,9,11-14H2,1-2H3,(H,23,25)(H,24,29)/t17?,19-/m0/s1. The molecule has 7 heteroatoms. The lowest BCUT2D eigenvalue weighted by molar-refractivity contribution is -0.127. The van der Waals surface area contributed by atoms with E-state index in [1.807, 2.05) is 0 Å². The smallest absolute Gasteiger partial charge is 0.317 e. The van der Waals surface area contributed by atoms with E-state index in [4.69, 9.17) is 4.98 Å². The number of hydrogen-bond acceptors (Lipinski definition) is 5. The Balaban J connectivity index is 1.36. The van der Waals surface area contributed by atoms with Gasteiger partial charge < -0.3 is 20.3 Å². The molecule has 1 fully saturated rings. The number of likely N-dealkylation sites (N-methyl/N-ethyl adjacent to an activating group) is 1. The van der Waals surface area contributed by atoms with E-state index in [0.29, 0.717) is 19.4 Å². The number of rotatable bonds is 8. The van der Waals surface area contributed by atoms with Gasteiger partial charge in [0.1, 0.15) is 11.6 Å². The van der Waals surface area contributed by atoms with Gasteiger partial charge in [0.05, 0.1) is 6.04 Å². The third kappa shape index (κ3) is 5.55. The Morgan fingerprint density at radius 1 is 1.28 bits per heavy atom. The third-order valence-electron chi connectivity index (χ3n) is 5.93. The number of fused-ring (bicyclic) bond motifs is 1. The molecular weight excluding hydrogens is 368 g/mol. The predicted molar refractivity (Wildman–Crippen MR) is 112 cm³/mol. The fraction of sp³-hybridized carbons (Fsp3) is 0.636. The molecule has 2 aliphatic rings. The van der Waals surface area contributed by atoms with E-state index >= 15 is 0 Å². The van der Waals surface area contributed by atoms with Crippen molar-refractivity contribution in [2.45, 2.75) is 64.3 Å². The van der Waals surface area contributed by atoms with Gasteiger partial charge in [-0.3, -0.25) is 4.79 Å². The van der Waals surface area contributed by atoms with E-state index in [9.17, 15) is 14.4 Å². The van der Waals surface area contributed by atoms with Gasteiger partial charge in [-0.25, -0.2) is 9.78 Å². The monoisotopic (exact) mass is 400 g/mol. The first kappa shape index (κ1) is 21.3. The van der Waals surface area contributed by atoms with Gasteiger partial charge in [0.25, 0.3) is 0 Å². The lowest BCUT2D eigenvalue weighted by Crippen LogP contribution is -2.46. The number of nitrogens with zero attached hydrogens (tertiary/aromatic N) is 2. The lowest BCUT2D eigenvalue weighted by atomic mass is 10.00. The number of amides is 2. The van der Waals surface area contributed by atoms with Crippen LogP contribution < -0.4 is 10.6 Å². The average Bonchev–Trinajstić information content (AvgIpc) is 3.06. The second-order valence-electron chi connectivity index (χ2n) is 8.24. The number of aryl methyl sites for hydroxylation is 2. The maximum Gasteiger partial charge on any atom is 0.317 e. The highest BCUT2D eigenvalue weighted by Gasteiger charge is 2.38. The molecule has 1 aromatic rings. The van der Waals surface area contributed by atoms with Gasteiger partial charge in [0.15, 0.2) is 5.78 Å². The number of Topliss-reactive ketones (excluding diaryl/α,β-unsaturated/α-hetero) is 2. The van der Waals surface area contributed by atoms with Crippen LogP contribution in [0.2, 0.25) is 0 Å². The molecule has 0 aromatic carbocycles. The van der Waals surface area contributed by atoms with E-state index in [1.54, 1.807) is 7.05 Å². The Bertz CT molecular complexity index is 764. The minimum atomic E-state index is -0.411. The summed E-state index contributed by atoms with van der Waals surface area (Å²) in [5.74, 6) is 0.838. The van der Waals surface area contributed by atoms with E-state index in [1.165, 1.54) is 17.4 Å². The molecule has 1 unspecified atom stereocenters. The zero-order chi connectivity index (χ0) is 20.8. The van der Waals surface area contributed by atoms with Gasteiger partial charge in [-0.05, 0) is 63.5 Å². The Morgan fingerprint density at radius 2 is 2.10 bits per heavy atom. The van der Waals surface area contributed by atoms with Crippen molar-refractivity contribution in [1.29, 1.82) is 0 Å². The van der Waals surface area contributed by atoms with Crippen molar-refractivity contribution in [2.75, 3.05) is 25.5 Å². The first-order valence-electron chi connectivity index (χ1n) is 10.7. The van der Waals surface area contributed by atoms with E-state index in [2.05, 4.69) is 22.8 Å². The third-order valence-corrected chi connectivity index (χ3v) is 5.93. The summed E-state index contributed by atoms with van der Waals surface area (Å²) in [7, 11) is 1.66.